The number of nitrogens with one attached hydrogen (secondary N) is 1. The molecule has 0 aliphatic heterocycles. The number of nitrogens with zero attached hydrogens (tertiary/aromatic N) is 2. The van der Waals surface area contributed by atoms with Crippen LogP contribution in [0, 0.1) is 6.92 Å². The maximum absolute atomic E-state index is 11.3. The van der Waals surface area contributed by atoms with Gasteiger partial charge in [-0.1, -0.05) is 12.1 Å². The number of hydrogen-bond donors (Lipinski definition) is 1. The van der Waals surface area contributed by atoms with Crippen molar-refractivity contribution in [2.75, 3.05) is 7.11 Å². The van der Waals surface area contributed by atoms with Crippen molar-refractivity contribution in [3.05, 3.63) is 11.7 Å². The molecule has 0 saturated heterocycles. The van der Waals surface area contributed by atoms with Crippen LogP contribution in [-0.2, 0) is 16.1 Å². The Hall–Kier alpha value is -1.43. The lowest BCUT2D eigenvalue weighted by atomic mass is 9.94. The third-order valence-corrected chi connectivity index (χ3v) is 2.78. The fourth-order valence-corrected chi connectivity index (χ4v) is 1.40. The van der Waals surface area contributed by atoms with Gasteiger partial charge >= 0.3 is 5.97 Å². The van der Waals surface area contributed by atoms with Gasteiger partial charge in [-0.05, 0) is 20.3 Å². The Morgan fingerprint density at radius 1 is 1.59 bits per heavy atom. The van der Waals surface area contributed by atoms with Gasteiger partial charge in [-0.15, -0.1) is 0 Å². The van der Waals surface area contributed by atoms with Crippen molar-refractivity contribution in [1.82, 2.24) is 15.5 Å². The number of aryl methyl sites for hydroxylation is 1. The van der Waals surface area contributed by atoms with E-state index in [-0.39, 0.29) is 11.5 Å². The summed E-state index contributed by atoms with van der Waals surface area (Å²) in [7, 11) is 1.39. The van der Waals surface area contributed by atoms with Crippen LogP contribution < -0.4 is 5.32 Å². The summed E-state index contributed by atoms with van der Waals surface area (Å²) in [5.74, 6) is 0.892. The molecule has 1 rings (SSSR count). The molecule has 0 saturated carbocycles. The van der Waals surface area contributed by atoms with E-state index in [0.29, 0.717) is 24.7 Å². The van der Waals surface area contributed by atoms with Crippen LogP contribution in [-0.4, -0.2) is 28.8 Å². The normalized spacial score (nSPS) is 14.4. The third kappa shape index (κ3) is 4.14. The minimum absolute atomic E-state index is 0.233. The third-order valence-electron chi connectivity index (χ3n) is 2.78. The first-order valence-electron chi connectivity index (χ1n) is 5.60. The molecule has 0 bridgehead atoms. The van der Waals surface area contributed by atoms with Crippen molar-refractivity contribution in [1.29, 1.82) is 0 Å². The van der Waals surface area contributed by atoms with Crippen LogP contribution in [0.2, 0.25) is 0 Å². The summed E-state index contributed by atoms with van der Waals surface area (Å²) in [5.41, 5.74) is -0.324. The number of methoxy groups -OCH3 is 1. The molecule has 6 heteroatoms. The van der Waals surface area contributed by atoms with E-state index in [1.807, 2.05) is 13.8 Å². The highest BCUT2D eigenvalue weighted by Crippen LogP contribution is 2.15. The topological polar surface area (TPSA) is 77.2 Å². The van der Waals surface area contributed by atoms with Crippen molar-refractivity contribution in [2.24, 2.45) is 0 Å². The van der Waals surface area contributed by atoms with E-state index >= 15 is 0 Å². The van der Waals surface area contributed by atoms with Crippen LogP contribution in [0.25, 0.3) is 0 Å². The fraction of sp³-hybridized carbons (Fsp3) is 0.727. The fourth-order valence-electron chi connectivity index (χ4n) is 1.40. The lowest BCUT2D eigenvalue weighted by Gasteiger charge is -2.27. The zero-order valence-electron chi connectivity index (χ0n) is 10.7. The first-order valence-corrected chi connectivity index (χ1v) is 5.60. The lowest BCUT2D eigenvalue weighted by Crippen LogP contribution is -2.43. The Kier molecular flexibility index (Phi) is 4.62. The average molecular weight is 241 g/mol. The van der Waals surface area contributed by atoms with E-state index in [1.165, 1.54) is 7.11 Å². The SMILES string of the molecule is CC[C@](C)(CC(=O)OC)NCc1nc(C)no1. The Morgan fingerprint density at radius 2 is 2.29 bits per heavy atom. The van der Waals surface area contributed by atoms with E-state index in [2.05, 4.69) is 20.2 Å². The second-order valence-electron chi connectivity index (χ2n) is 4.26. The Labute approximate surface area is 101 Å². The maximum atomic E-state index is 11.3. The number of rotatable bonds is 6. The number of carbonyl (C=O) groups is 1. The van der Waals surface area contributed by atoms with Crippen LogP contribution in [0.3, 0.4) is 0 Å². The predicted molar refractivity (Wildman–Crippen MR) is 61.2 cm³/mol. The Bertz CT molecular complexity index is 378. The smallest absolute Gasteiger partial charge is 0.307 e. The molecule has 17 heavy (non-hydrogen) atoms. The molecule has 1 aromatic rings. The Morgan fingerprint density at radius 3 is 2.76 bits per heavy atom. The maximum Gasteiger partial charge on any atom is 0.307 e. The number of carbonyl (C=O) groups excluding carboxylic acids is 1. The first kappa shape index (κ1) is 13.6. The summed E-state index contributed by atoms with van der Waals surface area (Å²) in [6, 6.07) is 0. The first-order chi connectivity index (χ1) is 7.99. The van der Waals surface area contributed by atoms with Crippen LogP contribution in [0.5, 0.6) is 0 Å². The molecule has 0 aliphatic rings. The molecule has 0 aliphatic carbocycles. The number of ether oxygens (including phenoxy) is 1. The van der Waals surface area contributed by atoms with Crippen LogP contribution in [0.4, 0.5) is 0 Å². The zero-order chi connectivity index (χ0) is 12.9. The average Bonchev–Trinajstić information content (AvgIpc) is 2.72. The summed E-state index contributed by atoms with van der Waals surface area (Å²) < 4.78 is 9.67. The van der Waals surface area contributed by atoms with E-state index in [9.17, 15) is 4.79 Å². The minimum atomic E-state index is -0.324. The molecule has 0 aromatic carbocycles. The second kappa shape index (κ2) is 5.77. The quantitative estimate of drug-likeness (QED) is 0.754. The highest BCUT2D eigenvalue weighted by Gasteiger charge is 2.26. The molecule has 96 valence electrons. The zero-order valence-corrected chi connectivity index (χ0v) is 10.7. The van der Waals surface area contributed by atoms with Gasteiger partial charge in [0.05, 0.1) is 20.1 Å². The van der Waals surface area contributed by atoms with Crippen LogP contribution in [0.1, 0.15) is 38.4 Å². The molecule has 0 amide bonds. The Balaban J connectivity index is 2.53. The van der Waals surface area contributed by atoms with Crippen LogP contribution >= 0.6 is 0 Å². The number of hydrogen-bond acceptors (Lipinski definition) is 6. The van der Waals surface area contributed by atoms with Gasteiger partial charge in [-0.25, -0.2) is 0 Å². The second-order valence-corrected chi connectivity index (χ2v) is 4.26. The van der Waals surface area contributed by atoms with E-state index < -0.39 is 0 Å². The van der Waals surface area contributed by atoms with E-state index in [1.54, 1.807) is 6.92 Å². The molecule has 0 unspecified atom stereocenters. The van der Waals surface area contributed by atoms with Gasteiger partial charge in [-0.3, -0.25) is 4.79 Å². The van der Waals surface area contributed by atoms with Gasteiger partial charge < -0.3 is 14.6 Å². The van der Waals surface area contributed by atoms with Gasteiger partial charge in [-0.2, -0.15) is 4.98 Å². The van der Waals surface area contributed by atoms with Crippen LogP contribution in [0.15, 0.2) is 4.52 Å². The largest absolute Gasteiger partial charge is 0.469 e. The van der Waals surface area contributed by atoms with Crippen molar-refractivity contribution in [3.8, 4) is 0 Å². The molecule has 1 aromatic heterocycles. The highest BCUT2D eigenvalue weighted by atomic mass is 16.5. The molecule has 1 heterocycles. The van der Waals surface area contributed by atoms with Crippen molar-refractivity contribution in [3.63, 3.8) is 0 Å². The minimum Gasteiger partial charge on any atom is -0.469 e. The molecular formula is C11H19N3O3. The van der Waals surface area contributed by atoms with Crippen molar-refractivity contribution < 1.29 is 14.1 Å². The van der Waals surface area contributed by atoms with Crippen molar-refractivity contribution in [2.45, 2.75) is 45.7 Å². The summed E-state index contributed by atoms with van der Waals surface area (Å²) in [5, 5.41) is 6.95. The van der Waals surface area contributed by atoms with Gasteiger partial charge in [0.25, 0.3) is 0 Å². The molecule has 1 N–H and O–H groups in total. The summed E-state index contributed by atoms with van der Waals surface area (Å²) in [4.78, 5) is 15.4. The molecule has 0 fully saturated rings. The lowest BCUT2D eigenvalue weighted by molar-refractivity contribution is -0.142. The molecule has 0 spiro atoms. The standard InChI is InChI=1S/C11H19N3O3/c1-5-11(3,6-10(15)16-4)12-7-9-13-8(2)14-17-9/h12H,5-7H2,1-4H3/t11-/m1/s1. The summed E-state index contributed by atoms with van der Waals surface area (Å²) in [6.45, 7) is 6.19. The molecule has 6 nitrogen and oxygen atoms in total. The summed E-state index contributed by atoms with van der Waals surface area (Å²) >= 11 is 0. The van der Waals surface area contributed by atoms with Gasteiger partial charge in [0, 0.05) is 5.54 Å². The number of aromatic nitrogens is 2. The van der Waals surface area contributed by atoms with Crippen molar-refractivity contribution >= 4 is 5.97 Å². The monoisotopic (exact) mass is 241 g/mol. The van der Waals surface area contributed by atoms with E-state index in [0.717, 1.165) is 6.42 Å². The molecular weight excluding hydrogens is 222 g/mol. The molecule has 1 atom stereocenters. The van der Waals surface area contributed by atoms with Gasteiger partial charge in [0.2, 0.25) is 5.89 Å². The van der Waals surface area contributed by atoms with Gasteiger partial charge in [0.15, 0.2) is 5.82 Å². The van der Waals surface area contributed by atoms with E-state index in [4.69, 9.17) is 4.52 Å². The predicted octanol–water partition coefficient (Wildman–Crippen LogP) is 1.20. The highest BCUT2D eigenvalue weighted by molar-refractivity contribution is 5.70. The number of esters is 1. The van der Waals surface area contributed by atoms with Gasteiger partial charge in [0.1, 0.15) is 0 Å². The molecule has 0 radical (unpaired) electrons. The summed E-state index contributed by atoms with van der Waals surface area (Å²) in [6.07, 6.45) is 1.11.